The number of rotatable bonds is 6. The zero-order valence-corrected chi connectivity index (χ0v) is 20.2. The summed E-state index contributed by atoms with van der Waals surface area (Å²) in [6.45, 7) is 4.89. The number of fused-ring (bicyclic) bond motifs is 6. The third-order valence-corrected chi connectivity index (χ3v) is 7.49. The van der Waals surface area contributed by atoms with Gasteiger partial charge in [-0.25, -0.2) is 0 Å². The van der Waals surface area contributed by atoms with Crippen molar-refractivity contribution in [2.24, 2.45) is 0 Å². The molecule has 3 aliphatic rings. The molecule has 7 rings (SSSR count). The zero-order chi connectivity index (χ0) is 23.8. The zero-order valence-electron chi connectivity index (χ0n) is 20.2. The smallest absolute Gasteiger partial charge is 0.128 e. The third-order valence-electron chi connectivity index (χ3n) is 7.49. The molecule has 2 bridgehead atoms. The van der Waals surface area contributed by atoms with Crippen molar-refractivity contribution >= 4 is 27.4 Å². The first-order valence-electron chi connectivity index (χ1n) is 12.7. The fraction of sp³-hybridized carbons (Fsp3) is 0.333. The average molecular weight is 468 g/mol. The first-order chi connectivity index (χ1) is 17.1. The second-order valence-electron chi connectivity index (χ2n) is 10.0. The van der Waals surface area contributed by atoms with Gasteiger partial charge < -0.3 is 19.7 Å². The van der Waals surface area contributed by atoms with E-state index in [1.165, 1.54) is 16.5 Å². The highest BCUT2D eigenvalue weighted by atomic mass is 16.5. The van der Waals surface area contributed by atoms with Crippen LogP contribution in [0.4, 0.5) is 5.69 Å². The second-order valence-corrected chi connectivity index (χ2v) is 10.0. The van der Waals surface area contributed by atoms with E-state index in [0.717, 1.165) is 48.3 Å². The Morgan fingerprint density at radius 2 is 1.77 bits per heavy atom. The maximum Gasteiger partial charge on any atom is 0.128 e. The molecule has 1 fully saturated rings. The van der Waals surface area contributed by atoms with Gasteiger partial charge in [-0.1, -0.05) is 48.6 Å². The van der Waals surface area contributed by atoms with Crippen LogP contribution in [0.2, 0.25) is 0 Å². The van der Waals surface area contributed by atoms with Crippen molar-refractivity contribution in [2.45, 2.75) is 38.0 Å². The largest absolute Gasteiger partial charge is 0.490 e. The van der Waals surface area contributed by atoms with Crippen molar-refractivity contribution in [2.75, 3.05) is 31.1 Å². The number of ether oxygens (including phenoxy) is 1. The van der Waals surface area contributed by atoms with E-state index in [1.54, 1.807) is 0 Å². The summed E-state index contributed by atoms with van der Waals surface area (Å²) < 4.78 is 6.08. The Bertz CT molecular complexity index is 1360. The molecule has 4 heterocycles. The van der Waals surface area contributed by atoms with E-state index < -0.39 is 6.10 Å². The van der Waals surface area contributed by atoms with Crippen LogP contribution in [0.1, 0.15) is 18.5 Å². The minimum absolute atomic E-state index is 0.293. The molecular formula is C30H33N3O2. The number of nitrogens with zero attached hydrogens (tertiary/aromatic N) is 2. The molecule has 5 nitrogen and oxygen atoms in total. The Morgan fingerprint density at radius 1 is 0.943 bits per heavy atom. The average Bonchev–Trinajstić information content (AvgIpc) is 3.24. The molecule has 35 heavy (non-hydrogen) atoms. The maximum atomic E-state index is 10.9. The number of aliphatic hydroxyl groups is 1. The van der Waals surface area contributed by atoms with Gasteiger partial charge in [0.15, 0.2) is 0 Å². The Balaban J connectivity index is 1.14. The number of aryl methyl sites for hydroxylation is 1. The van der Waals surface area contributed by atoms with Crippen LogP contribution in [0.5, 0.6) is 5.75 Å². The topological polar surface area (TPSA) is 51.7 Å². The normalized spacial score (nSPS) is 21.4. The Labute approximate surface area is 206 Å². The van der Waals surface area contributed by atoms with E-state index in [9.17, 15) is 5.11 Å². The van der Waals surface area contributed by atoms with Crippen molar-refractivity contribution in [3.8, 4) is 5.75 Å². The molecule has 1 saturated heterocycles. The van der Waals surface area contributed by atoms with Crippen molar-refractivity contribution < 1.29 is 9.84 Å². The van der Waals surface area contributed by atoms with Gasteiger partial charge in [0.1, 0.15) is 18.5 Å². The predicted octanol–water partition coefficient (Wildman–Crippen LogP) is 5.28. The van der Waals surface area contributed by atoms with Gasteiger partial charge in [-0.05, 0) is 60.9 Å². The van der Waals surface area contributed by atoms with Gasteiger partial charge in [0.2, 0.25) is 0 Å². The van der Waals surface area contributed by atoms with Crippen LogP contribution in [0, 0.1) is 6.92 Å². The van der Waals surface area contributed by atoms with Gasteiger partial charge in [-0.3, -0.25) is 4.90 Å². The minimum Gasteiger partial charge on any atom is -0.490 e. The number of aromatic amines is 1. The van der Waals surface area contributed by atoms with Crippen LogP contribution in [-0.2, 0) is 0 Å². The fourth-order valence-corrected chi connectivity index (χ4v) is 5.74. The molecular weight excluding hydrogens is 434 g/mol. The highest BCUT2D eigenvalue weighted by molar-refractivity contribution is 5.87. The molecule has 0 saturated carbocycles. The van der Waals surface area contributed by atoms with E-state index >= 15 is 0 Å². The number of hydrogen-bond donors (Lipinski definition) is 2. The van der Waals surface area contributed by atoms with E-state index in [-0.39, 0.29) is 0 Å². The summed E-state index contributed by atoms with van der Waals surface area (Å²) in [4.78, 5) is 8.40. The van der Waals surface area contributed by atoms with Gasteiger partial charge in [0.05, 0.1) is 0 Å². The number of H-pyrrole nitrogens is 1. The van der Waals surface area contributed by atoms with E-state index in [4.69, 9.17) is 4.74 Å². The van der Waals surface area contributed by atoms with Crippen LogP contribution >= 0.6 is 0 Å². The molecule has 3 atom stereocenters. The molecule has 4 aromatic rings. The summed E-state index contributed by atoms with van der Waals surface area (Å²) in [5, 5.41) is 14.6. The van der Waals surface area contributed by atoms with E-state index in [1.807, 2.05) is 19.1 Å². The molecule has 3 aromatic carbocycles. The number of benzene rings is 3. The maximum absolute atomic E-state index is 10.9. The summed E-state index contributed by atoms with van der Waals surface area (Å²) in [5.74, 6) is 0.825. The molecule has 5 heteroatoms. The Morgan fingerprint density at radius 3 is 2.66 bits per heavy atom. The summed E-state index contributed by atoms with van der Waals surface area (Å²) in [6.07, 6.45) is 6.15. The lowest BCUT2D eigenvalue weighted by Gasteiger charge is -2.48. The number of aromatic nitrogens is 1. The molecule has 3 aliphatic heterocycles. The summed E-state index contributed by atoms with van der Waals surface area (Å²) >= 11 is 0. The van der Waals surface area contributed by atoms with Crippen molar-refractivity contribution in [1.29, 1.82) is 0 Å². The van der Waals surface area contributed by atoms with Crippen LogP contribution in [0.25, 0.3) is 21.7 Å². The van der Waals surface area contributed by atoms with Crippen LogP contribution < -0.4 is 9.64 Å². The number of hydrogen-bond acceptors (Lipinski definition) is 4. The minimum atomic E-state index is -0.538. The first kappa shape index (κ1) is 22.2. The predicted molar refractivity (Wildman–Crippen MR) is 143 cm³/mol. The number of piperazine rings is 1. The van der Waals surface area contributed by atoms with Gasteiger partial charge in [0, 0.05) is 54.0 Å². The third kappa shape index (κ3) is 4.54. The SMILES string of the molecule is Cc1cc2c(OC[C@@H](O)CN3C[C@H]4CC=CC[C@@H]3CN4c3ccc4ccccc4c3)cccc2[nH]1. The highest BCUT2D eigenvalue weighted by Gasteiger charge is 2.35. The van der Waals surface area contributed by atoms with Gasteiger partial charge in [-0.15, -0.1) is 0 Å². The lowest BCUT2D eigenvalue weighted by Crippen LogP contribution is -2.60. The first-order valence-corrected chi connectivity index (χ1v) is 12.7. The number of nitrogens with one attached hydrogen (secondary N) is 1. The van der Waals surface area contributed by atoms with Crippen LogP contribution in [0.3, 0.4) is 0 Å². The van der Waals surface area contributed by atoms with Gasteiger partial charge in [-0.2, -0.15) is 0 Å². The second kappa shape index (κ2) is 9.40. The monoisotopic (exact) mass is 467 g/mol. The molecule has 0 radical (unpaired) electrons. The van der Waals surface area contributed by atoms with Crippen molar-refractivity contribution in [3.05, 3.63) is 84.6 Å². The van der Waals surface area contributed by atoms with Gasteiger partial charge >= 0.3 is 0 Å². The molecule has 0 aliphatic carbocycles. The number of aliphatic hydroxyl groups excluding tert-OH is 1. The molecule has 1 aromatic heterocycles. The Kier molecular flexibility index (Phi) is 5.96. The van der Waals surface area contributed by atoms with Crippen LogP contribution in [-0.4, -0.2) is 59.4 Å². The molecule has 2 N–H and O–H groups in total. The number of anilines is 1. The lowest BCUT2D eigenvalue weighted by atomic mass is 9.96. The van der Waals surface area contributed by atoms with Crippen LogP contribution in [0.15, 0.2) is 78.9 Å². The van der Waals surface area contributed by atoms with E-state index in [2.05, 4.69) is 81.5 Å². The fourth-order valence-electron chi connectivity index (χ4n) is 5.74. The van der Waals surface area contributed by atoms with Crippen molar-refractivity contribution in [3.63, 3.8) is 0 Å². The molecule has 0 unspecified atom stereocenters. The quantitative estimate of drug-likeness (QED) is 0.379. The van der Waals surface area contributed by atoms with Gasteiger partial charge in [0.25, 0.3) is 0 Å². The summed E-state index contributed by atoms with van der Waals surface area (Å²) in [7, 11) is 0. The molecule has 0 spiro atoms. The van der Waals surface area contributed by atoms with Crippen molar-refractivity contribution in [1.82, 2.24) is 9.88 Å². The summed E-state index contributed by atoms with van der Waals surface area (Å²) in [5.41, 5.74) is 3.47. The summed E-state index contributed by atoms with van der Waals surface area (Å²) in [6, 6.07) is 24.3. The Hall–Kier alpha value is -3.28. The lowest BCUT2D eigenvalue weighted by molar-refractivity contribution is 0.0409. The molecule has 0 amide bonds. The molecule has 180 valence electrons. The highest BCUT2D eigenvalue weighted by Crippen LogP contribution is 2.31. The standard InChI is InChI=1S/C30H33N3O2/c1-21-15-28-29(31-21)11-6-12-30(28)35-20-27(34)19-32-17-26-10-5-4-9-25(32)18-33(26)24-14-13-22-7-2-3-8-23(22)16-24/h2-8,11-16,25-27,31,34H,9-10,17-20H2,1H3/t25-,26-,27+/m1/s1. The van der Waals surface area contributed by atoms with E-state index in [0.29, 0.717) is 25.2 Å².